The molecular formula is C8H16N2OS2. The second kappa shape index (κ2) is 8.34. The van der Waals surface area contributed by atoms with Crippen molar-refractivity contribution >= 4 is 34.4 Å². The summed E-state index contributed by atoms with van der Waals surface area (Å²) in [6.07, 6.45) is 4.05. The van der Waals surface area contributed by atoms with Gasteiger partial charge in [-0.1, -0.05) is 37.3 Å². The molecule has 0 aromatic carbocycles. The van der Waals surface area contributed by atoms with Gasteiger partial charge in [0, 0.05) is 13.2 Å². The van der Waals surface area contributed by atoms with Crippen LogP contribution in [-0.2, 0) is 0 Å². The van der Waals surface area contributed by atoms with Crippen molar-refractivity contribution in [2.24, 2.45) is 5.73 Å². The van der Waals surface area contributed by atoms with Gasteiger partial charge in [0.05, 0.1) is 0 Å². The molecule has 0 saturated heterocycles. The molecule has 0 heterocycles. The van der Waals surface area contributed by atoms with E-state index in [1.807, 2.05) is 0 Å². The summed E-state index contributed by atoms with van der Waals surface area (Å²) < 4.78 is 0. The topological polar surface area (TPSA) is 58.3 Å². The molecule has 0 aromatic heterocycles. The van der Waals surface area contributed by atoms with E-state index in [0.29, 0.717) is 4.99 Å². The molecule has 76 valence electrons. The molecule has 0 aliphatic rings. The Bertz CT molecular complexity index is 174. The van der Waals surface area contributed by atoms with Gasteiger partial charge in [0.1, 0.15) is 9.98 Å². The van der Waals surface area contributed by atoms with Crippen LogP contribution in [0.15, 0.2) is 0 Å². The third kappa shape index (κ3) is 8.08. The summed E-state index contributed by atoms with van der Waals surface area (Å²) in [6.45, 7) is 1.08. The van der Waals surface area contributed by atoms with Crippen LogP contribution in [0.4, 0.5) is 0 Å². The van der Waals surface area contributed by atoms with E-state index in [-0.39, 0.29) is 11.6 Å². The predicted molar refractivity (Wildman–Crippen MR) is 62.9 cm³/mol. The zero-order valence-corrected chi connectivity index (χ0v) is 9.22. The van der Waals surface area contributed by atoms with E-state index in [9.17, 15) is 0 Å². The van der Waals surface area contributed by atoms with Crippen LogP contribution >= 0.6 is 24.4 Å². The standard InChI is InChI=1S/C8H16N2OS2/c9-7(12)8(13)10-5-3-1-2-4-6-11/h11H,1-6H2,(H2,9,12)(H,10,13). The fraction of sp³-hybridized carbons (Fsp3) is 0.750. The van der Waals surface area contributed by atoms with E-state index in [1.54, 1.807) is 0 Å². The van der Waals surface area contributed by atoms with E-state index >= 15 is 0 Å². The molecular weight excluding hydrogens is 204 g/mol. The first-order valence-electron chi connectivity index (χ1n) is 4.37. The first-order valence-corrected chi connectivity index (χ1v) is 5.18. The van der Waals surface area contributed by atoms with Crippen LogP contribution in [0.3, 0.4) is 0 Å². The maximum Gasteiger partial charge on any atom is 0.133 e. The fourth-order valence-electron chi connectivity index (χ4n) is 0.879. The Hall–Kier alpha value is -0.260. The van der Waals surface area contributed by atoms with Gasteiger partial charge in [-0.25, -0.2) is 0 Å². The van der Waals surface area contributed by atoms with Gasteiger partial charge in [0.25, 0.3) is 0 Å². The Kier molecular flexibility index (Phi) is 8.18. The summed E-state index contributed by atoms with van der Waals surface area (Å²) in [5.74, 6) is 0. The summed E-state index contributed by atoms with van der Waals surface area (Å²) in [4.78, 5) is 0.725. The fourth-order valence-corrected chi connectivity index (χ4v) is 1.05. The first-order chi connectivity index (χ1) is 6.18. The average Bonchev–Trinajstić information content (AvgIpc) is 2.10. The highest BCUT2D eigenvalue weighted by Gasteiger charge is 1.97. The van der Waals surface area contributed by atoms with Gasteiger partial charge < -0.3 is 16.2 Å². The number of rotatable bonds is 6. The number of aliphatic hydroxyl groups excluding tert-OH is 1. The van der Waals surface area contributed by atoms with E-state index in [1.165, 1.54) is 0 Å². The smallest absolute Gasteiger partial charge is 0.133 e. The number of aliphatic hydroxyl groups is 1. The molecule has 0 rings (SSSR count). The van der Waals surface area contributed by atoms with Gasteiger partial charge >= 0.3 is 0 Å². The Balaban J connectivity index is 3.16. The van der Waals surface area contributed by atoms with Crippen molar-refractivity contribution in [2.45, 2.75) is 25.7 Å². The Morgan fingerprint density at radius 3 is 2.31 bits per heavy atom. The quantitative estimate of drug-likeness (QED) is 0.455. The lowest BCUT2D eigenvalue weighted by atomic mass is 10.2. The monoisotopic (exact) mass is 220 g/mol. The van der Waals surface area contributed by atoms with Crippen LogP contribution in [-0.4, -0.2) is 28.2 Å². The van der Waals surface area contributed by atoms with Crippen LogP contribution in [0.5, 0.6) is 0 Å². The van der Waals surface area contributed by atoms with Crippen LogP contribution in [0.2, 0.25) is 0 Å². The third-order valence-electron chi connectivity index (χ3n) is 1.59. The van der Waals surface area contributed by atoms with Gasteiger partial charge in [0.15, 0.2) is 0 Å². The van der Waals surface area contributed by atoms with E-state index in [2.05, 4.69) is 17.5 Å². The summed E-state index contributed by atoms with van der Waals surface area (Å²) in [5.41, 5.74) is 5.29. The zero-order valence-electron chi connectivity index (χ0n) is 7.58. The number of hydrogen-bond donors (Lipinski definition) is 3. The minimum Gasteiger partial charge on any atom is -0.396 e. The molecule has 0 aromatic rings. The minimum atomic E-state index is 0.255. The van der Waals surface area contributed by atoms with Crippen molar-refractivity contribution in [3.63, 3.8) is 0 Å². The number of hydrogen-bond acceptors (Lipinski definition) is 3. The molecule has 0 fully saturated rings. The van der Waals surface area contributed by atoms with E-state index in [0.717, 1.165) is 32.2 Å². The van der Waals surface area contributed by atoms with E-state index < -0.39 is 0 Å². The molecule has 4 N–H and O–H groups in total. The molecule has 3 nitrogen and oxygen atoms in total. The Morgan fingerprint density at radius 2 is 1.77 bits per heavy atom. The molecule has 0 radical (unpaired) electrons. The normalized spacial score (nSPS) is 9.62. The van der Waals surface area contributed by atoms with Crippen LogP contribution in [0.1, 0.15) is 25.7 Å². The average molecular weight is 220 g/mol. The molecule has 0 saturated carbocycles. The largest absolute Gasteiger partial charge is 0.396 e. The molecule has 0 aliphatic carbocycles. The third-order valence-corrected chi connectivity index (χ3v) is 2.29. The van der Waals surface area contributed by atoms with Crippen molar-refractivity contribution in [3.05, 3.63) is 0 Å². The number of nitrogens with two attached hydrogens (primary N) is 1. The summed E-state index contributed by atoms with van der Waals surface area (Å²) in [6, 6.07) is 0. The van der Waals surface area contributed by atoms with Gasteiger partial charge in [0.2, 0.25) is 0 Å². The van der Waals surface area contributed by atoms with Gasteiger partial charge in [-0.2, -0.15) is 0 Å². The summed E-state index contributed by atoms with van der Waals surface area (Å²) >= 11 is 9.54. The van der Waals surface area contributed by atoms with Crippen molar-refractivity contribution in [1.82, 2.24) is 5.32 Å². The van der Waals surface area contributed by atoms with Crippen molar-refractivity contribution in [3.8, 4) is 0 Å². The van der Waals surface area contributed by atoms with E-state index in [4.69, 9.17) is 23.1 Å². The number of nitrogens with one attached hydrogen (secondary N) is 1. The van der Waals surface area contributed by atoms with Gasteiger partial charge in [-0.3, -0.25) is 0 Å². The second-order valence-corrected chi connectivity index (χ2v) is 3.61. The second-order valence-electron chi connectivity index (χ2n) is 2.76. The minimum absolute atomic E-state index is 0.255. The van der Waals surface area contributed by atoms with Crippen LogP contribution in [0, 0.1) is 0 Å². The SMILES string of the molecule is NC(=S)C(=S)NCCCCCCO. The molecule has 5 heteroatoms. The van der Waals surface area contributed by atoms with Crippen molar-refractivity contribution in [1.29, 1.82) is 0 Å². The summed E-state index contributed by atoms with van der Waals surface area (Å²) in [5, 5.41) is 11.5. The molecule has 0 spiro atoms. The highest BCUT2D eigenvalue weighted by atomic mass is 32.1. The number of unbranched alkanes of at least 4 members (excludes halogenated alkanes) is 3. The summed E-state index contributed by atoms with van der Waals surface area (Å²) in [7, 11) is 0. The molecule has 0 aliphatic heterocycles. The zero-order chi connectivity index (χ0) is 10.1. The van der Waals surface area contributed by atoms with Crippen LogP contribution < -0.4 is 11.1 Å². The molecule has 0 unspecified atom stereocenters. The lowest BCUT2D eigenvalue weighted by molar-refractivity contribution is 0.282. The highest BCUT2D eigenvalue weighted by Crippen LogP contribution is 1.97. The maximum atomic E-state index is 8.51. The maximum absolute atomic E-state index is 8.51. The lowest BCUT2D eigenvalue weighted by Crippen LogP contribution is -2.33. The molecule has 0 atom stereocenters. The van der Waals surface area contributed by atoms with Crippen LogP contribution in [0.25, 0.3) is 0 Å². The van der Waals surface area contributed by atoms with Gasteiger partial charge in [-0.15, -0.1) is 0 Å². The van der Waals surface area contributed by atoms with Crippen molar-refractivity contribution in [2.75, 3.05) is 13.2 Å². The Morgan fingerprint density at radius 1 is 1.15 bits per heavy atom. The van der Waals surface area contributed by atoms with Crippen molar-refractivity contribution < 1.29 is 5.11 Å². The molecule has 13 heavy (non-hydrogen) atoms. The van der Waals surface area contributed by atoms with Gasteiger partial charge in [-0.05, 0) is 12.8 Å². The number of thiocarbonyl (C=S) groups is 2. The Labute approximate surface area is 89.7 Å². The predicted octanol–water partition coefficient (Wildman–Crippen LogP) is 0.742. The molecule has 0 amide bonds. The highest BCUT2D eigenvalue weighted by molar-refractivity contribution is 7.89. The lowest BCUT2D eigenvalue weighted by Gasteiger charge is -2.05. The first kappa shape index (κ1) is 12.7. The molecule has 0 bridgehead atoms.